The number of carbonyl (C=O) groups excluding carboxylic acids is 1. The summed E-state index contributed by atoms with van der Waals surface area (Å²) in [7, 11) is 0. The van der Waals surface area contributed by atoms with Gasteiger partial charge in [0.25, 0.3) is 0 Å². The highest BCUT2D eigenvalue weighted by atomic mass is 35.5. The first-order valence-corrected chi connectivity index (χ1v) is 7.84. The molecule has 1 aliphatic heterocycles. The molecule has 0 spiro atoms. The normalized spacial score (nSPS) is 19.5. The number of benzene rings is 1. The van der Waals surface area contributed by atoms with Gasteiger partial charge in [0.05, 0.1) is 12.2 Å². The molecule has 0 radical (unpaired) electrons. The number of ether oxygens (including phenoxy) is 1. The lowest BCUT2D eigenvalue weighted by atomic mass is 10.1. The summed E-state index contributed by atoms with van der Waals surface area (Å²) in [6, 6.07) is 5.03. The molecule has 1 saturated heterocycles. The number of hydrogen-bond donors (Lipinski definition) is 2. The highest BCUT2D eigenvalue weighted by Crippen LogP contribution is 2.29. The topological polar surface area (TPSA) is 58.6 Å². The summed E-state index contributed by atoms with van der Waals surface area (Å²) in [5.41, 5.74) is 0.445. The van der Waals surface area contributed by atoms with E-state index in [1.165, 1.54) is 0 Å². The van der Waals surface area contributed by atoms with Crippen LogP contribution in [-0.2, 0) is 9.53 Å². The van der Waals surface area contributed by atoms with Gasteiger partial charge in [0, 0.05) is 35.2 Å². The fourth-order valence-corrected chi connectivity index (χ4v) is 3.04. The smallest absolute Gasteiger partial charge is 0.220 e. The van der Waals surface area contributed by atoms with Gasteiger partial charge in [-0.15, -0.1) is 0 Å². The monoisotopic (exact) mass is 331 g/mol. The van der Waals surface area contributed by atoms with Crippen molar-refractivity contribution in [1.29, 1.82) is 0 Å². The summed E-state index contributed by atoms with van der Waals surface area (Å²) in [6.07, 6.45) is 2.47. The van der Waals surface area contributed by atoms with Gasteiger partial charge in [0.1, 0.15) is 0 Å². The van der Waals surface area contributed by atoms with E-state index in [4.69, 9.17) is 27.9 Å². The van der Waals surface area contributed by atoms with Gasteiger partial charge >= 0.3 is 0 Å². The van der Waals surface area contributed by atoms with Crippen LogP contribution in [-0.4, -0.2) is 30.3 Å². The van der Waals surface area contributed by atoms with Crippen LogP contribution in [0.15, 0.2) is 18.2 Å². The Morgan fingerprint density at radius 1 is 1.43 bits per heavy atom. The molecule has 0 bridgehead atoms. The van der Waals surface area contributed by atoms with E-state index in [1.807, 2.05) is 0 Å². The van der Waals surface area contributed by atoms with E-state index in [1.54, 1.807) is 18.2 Å². The van der Waals surface area contributed by atoms with Crippen molar-refractivity contribution in [2.45, 2.75) is 37.9 Å². The molecule has 1 aromatic carbocycles. The Labute approximate surface area is 134 Å². The number of halogens is 2. The van der Waals surface area contributed by atoms with Crippen molar-refractivity contribution < 1.29 is 14.6 Å². The first kappa shape index (κ1) is 16.6. The van der Waals surface area contributed by atoms with Gasteiger partial charge in [0.2, 0.25) is 5.91 Å². The Morgan fingerprint density at radius 2 is 2.14 bits per heavy atom. The van der Waals surface area contributed by atoms with Gasteiger partial charge in [-0.3, -0.25) is 4.79 Å². The number of nitrogens with one attached hydrogen (secondary N) is 1. The molecule has 116 valence electrons. The number of aliphatic hydroxyl groups excluding tert-OH is 1. The number of rotatable bonds is 6. The zero-order chi connectivity index (χ0) is 15.2. The molecule has 1 fully saturated rings. The summed E-state index contributed by atoms with van der Waals surface area (Å²) in [5, 5.41) is 13.6. The van der Waals surface area contributed by atoms with E-state index in [0.29, 0.717) is 22.0 Å². The maximum absolute atomic E-state index is 11.8. The molecule has 0 unspecified atom stereocenters. The quantitative estimate of drug-likeness (QED) is 0.842. The van der Waals surface area contributed by atoms with Crippen LogP contribution in [0.3, 0.4) is 0 Å². The Hall–Kier alpha value is -0.810. The average molecular weight is 332 g/mol. The van der Waals surface area contributed by atoms with Gasteiger partial charge in [-0.1, -0.05) is 29.3 Å². The molecule has 2 N–H and O–H groups in total. The van der Waals surface area contributed by atoms with Crippen LogP contribution in [0.25, 0.3) is 0 Å². The number of aliphatic hydroxyl groups is 1. The highest BCUT2D eigenvalue weighted by molar-refractivity contribution is 6.36. The standard InChI is InChI=1S/C15H19Cl2NO3/c16-11-4-1-5-12(17)15(11)13(19)9-18-14(20)7-6-10-3-2-8-21-10/h1,4-5,10,13,19H,2-3,6-9H2,(H,18,20)/t10-,13+/m1/s1. The van der Waals surface area contributed by atoms with Gasteiger partial charge in [-0.05, 0) is 31.4 Å². The molecule has 21 heavy (non-hydrogen) atoms. The van der Waals surface area contributed by atoms with E-state index < -0.39 is 6.10 Å². The van der Waals surface area contributed by atoms with Crippen LogP contribution in [0.5, 0.6) is 0 Å². The molecular formula is C15H19Cl2NO3. The van der Waals surface area contributed by atoms with Gasteiger partial charge in [0.15, 0.2) is 0 Å². The second-order valence-electron chi connectivity index (χ2n) is 5.13. The number of hydrogen-bond acceptors (Lipinski definition) is 3. The lowest BCUT2D eigenvalue weighted by Gasteiger charge is -2.15. The highest BCUT2D eigenvalue weighted by Gasteiger charge is 2.18. The third-order valence-electron chi connectivity index (χ3n) is 3.54. The van der Waals surface area contributed by atoms with E-state index in [2.05, 4.69) is 5.32 Å². The third kappa shape index (κ3) is 4.85. The molecule has 2 atom stereocenters. The largest absolute Gasteiger partial charge is 0.386 e. The zero-order valence-corrected chi connectivity index (χ0v) is 13.2. The van der Waals surface area contributed by atoms with Gasteiger partial charge < -0.3 is 15.2 Å². The summed E-state index contributed by atoms with van der Waals surface area (Å²) < 4.78 is 5.47. The van der Waals surface area contributed by atoms with Crippen molar-refractivity contribution in [3.63, 3.8) is 0 Å². The Morgan fingerprint density at radius 3 is 2.76 bits per heavy atom. The molecule has 0 aliphatic carbocycles. The fourth-order valence-electron chi connectivity index (χ4n) is 2.39. The summed E-state index contributed by atoms with van der Waals surface area (Å²) in [6.45, 7) is 0.879. The molecule has 1 aliphatic rings. The van der Waals surface area contributed by atoms with Crippen LogP contribution in [0.1, 0.15) is 37.4 Å². The van der Waals surface area contributed by atoms with Crippen molar-refractivity contribution in [2.24, 2.45) is 0 Å². The molecule has 6 heteroatoms. The number of amides is 1. The first-order valence-electron chi connectivity index (χ1n) is 7.08. The van der Waals surface area contributed by atoms with Crippen LogP contribution in [0, 0.1) is 0 Å². The first-order chi connectivity index (χ1) is 10.1. The maximum Gasteiger partial charge on any atom is 0.220 e. The fraction of sp³-hybridized carbons (Fsp3) is 0.533. The Bertz CT molecular complexity index is 470. The zero-order valence-electron chi connectivity index (χ0n) is 11.6. The van der Waals surface area contributed by atoms with Crippen LogP contribution >= 0.6 is 23.2 Å². The van der Waals surface area contributed by atoms with Crippen molar-refractivity contribution in [3.05, 3.63) is 33.8 Å². The lowest BCUT2D eigenvalue weighted by molar-refractivity contribution is -0.122. The van der Waals surface area contributed by atoms with E-state index in [-0.39, 0.29) is 18.6 Å². The van der Waals surface area contributed by atoms with Gasteiger partial charge in [-0.2, -0.15) is 0 Å². The van der Waals surface area contributed by atoms with Crippen molar-refractivity contribution >= 4 is 29.1 Å². The Balaban J connectivity index is 1.77. The lowest BCUT2D eigenvalue weighted by Crippen LogP contribution is -2.29. The molecule has 1 aromatic rings. The second-order valence-corrected chi connectivity index (χ2v) is 5.94. The third-order valence-corrected chi connectivity index (χ3v) is 4.20. The molecule has 0 saturated carbocycles. The van der Waals surface area contributed by atoms with Crippen LogP contribution in [0.2, 0.25) is 10.0 Å². The Kier molecular flexibility index (Phi) is 6.30. The van der Waals surface area contributed by atoms with Crippen molar-refractivity contribution in [2.75, 3.05) is 13.2 Å². The predicted octanol–water partition coefficient (Wildman–Crippen LogP) is 3.10. The van der Waals surface area contributed by atoms with Gasteiger partial charge in [-0.25, -0.2) is 0 Å². The molecule has 4 nitrogen and oxygen atoms in total. The molecule has 1 heterocycles. The minimum atomic E-state index is -0.919. The summed E-state index contributed by atoms with van der Waals surface area (Å²) in [4.78, 5) is 11.8. The van der Waals surface area contributed by atoms with Crippen molar-refractivity contribution in [1.82, 2.24) is 5.32 Å². The minimum Gasteiger partial charge on any atom is -0.386 e. The van der Waals surface area contributed by atoms with E-state index in [9.17, 15) is 9.90 Å². The van der Waals surface area contributed by atoms with E-state index in [0.717, 1.165) is 25.9 Å². The van der Waals surface area contributed by atoms with Crippen LogP contribution in [0.4, 0.5) is 0 Å². The SMILES string of the molecule is O=C(CC[C@H]1CCCO1)NC[C@H](O)c1c(Cl)cccc1Cl. The molecule has 0 aromatic heterocycles. The molecular weight excluding hydrogens is 313 g/mol. The predicted molar refractivity (Wildman–Crippen MR) is 82.6 cm³/mol. The van der Waals surface area contributed by atoms with Crippen LogP contribution < -0.4 is 5.32 Å². The summed E-state index contributed by atoms with van der Waals surface area (Å²) in [5.74, 6) is -0.104. The number of carbonyl (C=O) groups is 1. The summed E-state index contributed by atoms with van der Waals surface area (Å²) >= 11 is 12.0. The van der Waals surface area contributed by atoms with E-state index >= 15 is 0 Å². The maximum atomic E-state index is 11.8. The molecule has 2 rings (SSSR count). The molecule has 1 amide bonds. The second kappa shape index (κ2) is 7.99. The average Bonchev–Trinajstić information content (AvgIpc) is 2.96. The minimum absolute atomic E-state index is 0.0911. The van der Waals surface area contributed by atoms with Crippen molar-refractivity contribution in [3.8, 4) is 0 Å².